The zero-order chi connectivity index (χ0) is 15.4. The number of benzene rings is 1. The van der Waals surface area contributed by atoms with Crippen LogP contribution in [-0.4, -0.2) is 76.3 Å². The smallest absolute Gasteiger partial charge is 0.189 e. The van der Waals surface area contributed by atoms with Gasteiger partial charge in [0.1, 0.15) is 28.1 Å². The predicted octanol–water partition coefficient (Wildman–Crippen LogP) is -3.60. The molecule has 1 unspecified atom stereocenters. The molecule has 12 radical (unpaired) electrons. The highest BCUT2D eigenvalue weighted by Gasteiger charge is 2.43. The highest BCUT2D eigenvalue weighted by Crippen LogP contribution is 2.31. The Balaban J connectivity index is 1.86. The summed E-state index contributed by atoms with van der Waals surface area (Å²) in [7, 11) is 34.4. The van der Waals surface area contributed by atoms with Gasteiger partial charge in [0.2, 0.25) is 0 Å². The lowest BCUT2D eigenvalue weighted by Crippen LogP contribution is -2.61. The Morgan fingerprint density at radius 2 is 1.71 bits per heavy atom. The molecule has 4 nitrogen and oxygen atoms in total. The van der Waals surface area contributed by atoms with Crippen molar-refractivity contribution in [3.05, 3.63) is 12.1 Å². The van der Waals surface area contributed by atoms with Crippen LogP contribution < -0.4 is 25.7 Å². The average Bonchev–Trinajstić information content (AvgIpc) is 2.59. The van der Waals surface area contributed by atoms with E-state index >= 15 is 0 Å². The van der Waals surface area contributed by atoms with E-state index in [1.807, 2.05) is 0 Å². The van der Waals surface area contributed by atoms with Crippen LogP contribution in [0.15, 0.2) is 17.1 Å². The Morgan fingerprint density at radius 1 is 1.10 bits per heavy atom. The van der Waals surface area contributed by atoms with Gasteiger partial charge < -0.3 is 14.8 Å². The van der Waals surface area contributed by atoms with Crippen molar-refractivity contribution in [1.82, 2.24) is 5.32 Å². The minimum Gasteiger partial charge on any atom is -0.485 e. The first-order valence-corrected chi connectivity index (χ1v) is 6.21. The number of aliphatic imine (C=N–C) groups is 1. The maximum Gasteiger partial charge on any atom is 0.189 e. The summed E-state index contributed by atoms with van der Waals surface area (Å²) in [5.74, 6) is 1.25. The van der Waals surface area contributed by atoms with Gasteiger partial charge in [-0.05, 0) is 22.8 Å². The molecule has 1 aromatic carbocycles. The number of fused-ring (bicyclic) bond motifs is 1. The van der Waals surface area contributed by atoms with E-state index in [-0.39, 0.29) is 6.61 Å². The second-order valence-corrected chi connectivity index (χ2v) is 5.16. The van der Waals surface area contributed by atoms with E-state index in [1.165, 1.54) is 0 Å². The quantitative estimate of drug-likeness (QED) is 0.532. The van der Waals surface area contributed by atoms with Crippen molar-refractivity contribution < 1.29 is 9.47 Å². The number of hydrogen-bond acceptors (Lipinski definition) is 4. The van der Waals surface area contributed by atoms with E-state index in [0.29, 0.717) is 28.3 Å². The summed E-state index contributed by atoms with van der Waals surface area (Å²) < 4.78 is 11.3. The fraction of sp³-hybridized carbons (Fsp3) is 0.364. The molecule has 1 aromatic rings. The normalized spacial score (nSPS) is 25.0. The molecule has 0 amide bonds. The lowest BCUT2D eigenvalue weighted by Gasteiger charge is -2.35. The van der Waals surface area contributed by atoms with Crippen molar-refractivity contribution in [2.24, 2.45) is 4.99 Å². The molecule has 0 aromatic heterocycles. The summed E-state index contributed by atoms with van der Waals surface area (Å²) in [5, 5.41) is -0.482. The lowest BCUT2D eigenvalue weighted by molar-refractivity contribution is 0.133. The summed E-state index contributed by atoms with van der Waals surface area (Å²) in [4.78, 5) is 4.06. The van der Waals surface area contributed by atoms with Gasteiger partial charge in [-0.1, -0.05) is 10.9 Å². The minimum atomic E-state index is -1.65. The Hall–Kier alpha value is -1.32. The molecule has 10 heteroatoms. The molecule has 0 spiro atoms. The van der Waals surface area contributed by atoms with Crippen LogP contribution in [0.1, 0.15) is 0 Å². The number of hydrogen-bond donors (Lipinski definition) is 1. The van der Waals surface area contributed by atoms with Crippen LogP contribution >= 0.6 is 0 Å². The molecule has 0 fully saturated rings. The van der Waals surface area contributed by atoms with Gasteiger partial charge in [0, 0.05) is 0 Å². The molecular formula is C11H6B6N2O2. The van der Waals surface area contributed by atoms with Crippen LogP contribution in [0.25, 0.3) is 0 Å². The van der Waals surface area contributed by atoms with Crippen molar-refractivity contribution in [3.8, 4) is 11.5 Å². The van der Waals surface area contributed by atoms with Crippen LogP contribution in [0.5, 0.6) is 11.5 Å². The molecule has 2 aliphatic heterocycles. The van der Waals surface area contributed by atoms with Crippen LogP contribution in [0.2, 0.25) is 0 Å². The highest BCUT2D eigenvalue weighted by atomic mass is 16.6. The third-order valence-electron chi connectivity index (χ3n) is 3.42. The molecule has 0 saturated carbocycles. The SMILES string of the molecule is [B]c1cc2c(cc1[B])OC(C1=NC([B])([B])C([B])([B])N1)CO2. The number of nitrogens with one attached hydrogen (secondary N) is 1. The van der Waals surface area contributed by atoms with E-state index in [2.05, 4.69) is 10.3 Å². The first-order chi connectivity index (χ1) is 9.69. The van der Waals surface area contributed by atoms with Crippen molar-refractivity contribution in [3.63, 3.8) is 0 Å². The second-order valence-electron chi connectivity index (χ2n) is 5.16. The number of rotatable bonds is 1. The Kier molecular flexibility index (Phi) is 3.19. The third kappa shape index (κ3) is 2.38. The van der Waals surface area contributed by atoms with Gasteiger partial charge in [-0.25, -0.2) is 0 Å². The zero-order valence-corrected chi connectivity index (χ0v) is 11.2. The molecule has 1 N–H and O–H groups in total. The molecule has 2 aliphatic rings. The molecule has 0 bridgehead atoms. The maximum atomic E-state index is 5.76. The topological polar surface area (TPSA) is 42.8 Å². The van der Waals surface area contributed by atoms with E-state index in [0.717, 1.165) is 0 Å². The van der Waals surface area contributed by atoms with Gasteiger partial charge in [0.25, 0.3) is 0 Å². The predicted molar refractivity (Wildman–Crippen MR) is 86.2 cm³/mol. The fourth-order valence-electron chi connectivity index (χ4n) is 2.07. The first-order valence-electron chi connectivity index (χ1n) is 6.21. The van der Waals surface area contributed by atoms with Crippen molar-refractivity contribution in [1.29, 1.82) is 0 Å². The second kappa shape index (κ2) is 4.59. The summed E-state index contributed by atoms with van der Waals surface area (Å²) in [6.07, 6.45) is -0.582. The molecule has 1 atom stereocenters. The molecular weight excluding hydrogens is 257 g/mol. The molecule has 2 heterocycles. The number of ether oxygens (including phenoxy) is 2. The monoisotopic (exact) mass is 264 g/mol. The van der Waals surface area contributed by atoms with E-state index in [4.69, 9.17) is 56.6 Å². The molecule has 21 heavy (non-hydrogen) atoms. The highest BCUT2D eigenvalue weighted by molar-refractivity contribution is 6.56. The zero-order valence-electron chi connectivity index (χ0n) is 11.2. The van der Waals surface area contributed by atoms with E-state index in [9.17, 15) is 0 Å². The Morgan fingerprint density at radius 3 is 2.29 bits per heavy atom. The molecule has 0 aliphatic carbocycles. The number of amidine groups is 1. The summed E-state index contributed by atoms with van der Waals surface area (Å²) >= 11 is 0. The Bertz CT molecular complexity index is 633. The third-order valence-corrected chi connectivity index (χ3v) is 3.42. The lowest BCUT2D eigenvalue weighted by atomic mass is 9.39. The molecule has 90 valence electrons. The van der Waals surface area contributed by atoms with Gasteiger partial charge >= 0.3 is 0 Å². The van der Waals surface area contributed by atoms with Crippen molar-refractivity contribution in [2.45, 2.75) is 16.8 Å². The number of nitrogens with zero attached hydrogens (tertiary/aromatic N) is 1. The first kappa shape index (κ1) is 14.6. The maximum absolute atomic E-state index is 5.76. The fourth-order valence-corrected chi connectivity index (χ4v) is 2.07. The van der Waals surface area contributed by atoms with Crippen LogP contribution in [-0.2, 0) is 0 Å². The summed E-state index contributed by atoms with van der Waals surface area (Å²) in [6.45, 7) is 0.175. The molecule has 3 rings (SSSR count). The van der Waals surface area contributed by atoms with Crippen LogP contribution in [0.3, 0.4) is 0 Å². The summed E-state index contributed by atoms with van der Waals surface area (Å²) in [6, 6.07) is 3.17. The van der Waals surface area contributed by atoms with Gasteiger partial charge in [-0.3, -0.25) is 4.99 Å². The van der Waals surface area contributed by atoms with Gasteiger partial charge in [0.15, 0.2) is 17.6 Å². The minimum absolute atomic E-state index is 0.175. The average molecular weight is 263 g/mol. The van der Waals surface area contributed by atoms with Gasteiger partial charge in [-0.15, -0.1) is 0 Å². The summed E-state index contributed by atoms with van der Waals surface area (Å²) in [5.41, 5.74) is 0.802. The van der Waals surface area contributed by atoms with E-state index in [1.54, 1.807) is 12.1 Å². The van der Waals surface area contributed by atoms with Gasteiger partial charge in [0.05, 0.1) is 31.4 Å². The van der Waals surface area contributed by atoms with E-state index < -0.39 is 16.8 Å². The Labute approximate surface area is 131 Å². The molecule has 0 saturated heterocycles. The van der Waals surface area contributed by atoms with Crippen LogP contribution in [0.4, 0.5) is 0 Å². The van der Waals surface area contributed by atoms with Crippen LogP contribution in [0, 0.1) is 0 Å². The van der Waals surface area contributed by atoms with Crippen molar-refractivity contribution >= 4 is 63.8 Å². The van der Waals surface area contributed by atoms with Crippen molar-refractivity contribution in [2.75, 3.05) is 6.61 Å². The van der Waals surface area contributed by atoms with Gasteiger partial charge in [-0.2, -0.15) is 0 Å². The standard InChI is InChI=1S/C11H6B6N2O2/c12-4-1-6-7(2-5(4)13)21-8(3-20-6)9-18-10(14,15)11(16,17)19-9/h1-2,8H,3H2,(H,18,19). The largest absolute Gasteiger partial charge is 0.485 e.